The van der Waals surface area contributed by atoms with Crippen LogP contribution < -0.4 is 5.32 Å². The van der Waals surface area contributed by atoms with Crippen LogP contribution in [0.3, 0.4) is 0 Å². The largest absolute Gasteiger partial charge is 0.353 e. The van der Waals surface area contributed by atoms with E-state index in [1.54, 1.807) is 0 Å². The molecule has 0 amide bonds. The second-order valence-corrected chi connectivity index (χ2v) is 4.81. The van der Waals surface area contributed by atoms with E-state index in [0.717, 1.165) is 11.6 Å². The first-order valence-corrected chi connectivity index (χ1v) is 6.08. The van der Waals surface area contributed by atoms with E-state index in [2.05, 4.69) is 29.2 Å². The number of rotatable bonds is 4. The van der Waals surface area contributed by atoms with Crippen LogP contribution in [0.1, 0.15) is 32.7 Å². The predicted octanol–water partition coefficient (Wildman–Crippen LogP) is 2.22. The van der Waals surface area contributed by atoms with Crippen molar-refractivity contribution in [3.05, 3.63) is 24.8 Å². The van der Waals surface area contributed by atoms with Gasteiger partial charge in [-0.1, -0.05) is 0 Å². The Morgan fingerprint density at radius 1 is 1.41 bits per heavy atom. The lowest BCUT2D eigenvalue weighted by atomic mass is 10.4. The molecule has 1 aliphatic carbocycles. The molecule has 0 aliphatic heterocycles. The van der Waals surface area contributed by atoms with Gasteiger partial charge in [0.2, 0.25) is 5.95 Å². The maximum absolute atomic E-state index is 4.35. The summed E-state index contributed by atoms with van der Waals surface area (Å²) in [5.74, 6) is 0.913. The van der Waals surface area contributed by atoms with E-state index in [1.165, 1.54) is 12.8 Å². The van der Waals surface area contributed by atoms with Gasteiger partial charge < -0.3 is 5.32 Å². The number of aromatic nitrogens is 4. The van der Waals surface area contributed by atoms with E-state index in [9.17, 15) is 0 Å². The van der Waals surface area contributed by atoms with Crippen molar-refractivity contribution in [2.24, 2.45) is 0 Å². The Hall–Kier alpha value is -1.78. The third kappa shape index (κ3) is 2.05. The van der Waals surface area contributed by atoms with E-state index in [-0.39, 0.29) is 0 Å². The summed E-state index contributed by atoms with van der Waals surface area (Å²) < 4.78 is 4.00. The van der Waals surface area contributed by atoms with Gasteiger partial charge in [-0.05, 0) is 26.7 Å². The highest BCUT2D eigenvalue weighted by Crippen LogP contribution is 2.25. The first kappa shape index (κ1) is 10.4. The fraction of sp³-hybridized carbons (Fsp3) is 0.500. The van der Waals surface area contributed by atoms with E-state index in [4.69, 9.17) is 0 Å². The standard InChI is InChI=1S/C12H17N5/c1-9(2)17-8-11(7-14-17)16-6-5-13-12(16)15-10-3-4-10/h5-10H,3-4H2,1-2H3,(H,13,15). The Balaban J connectivity index is 1.88. The number of hydrogen-bond donors (Lipinski definition) is 1. The molecule has 2 aromatic heterocycles. The minimum atomic E-state index is 0.382. The molecule has 3 rings (SSSR count). The van der Waals surface area contributed by atoms with E-state index in [0.29, 0.717) is 12.1 Å². The van der Waals surface area contributed by atoms with Crippen LogP contribution in [0.2, 0.25) is 0 Å². The molecule has 0 saturated heterocycles. The number of nitrogens with one attached hydrogen (secondary N) is 1. The smallest absolute Gasteiger partial charge is 0.207 e. The minimum Gasteiger partial charge on any atom is -0.353 e. The zero-order valence-corrected chi connectivity index (χ0v) is 10.2. The summed E-state index contributed by atoms with van der Waals surface area (Å²) in [5, 5.41) is 7.76. The first-order valence-electron chi connectivity index (χ1n) is 6.08. The van der Waals surface area contributed by atoms with Gasteiger partial charge in [0.25, 0.3) is 0 Å². The van der Waals surface area contributed by atoms with Crippen molar-refractivity contribution in [3.8, 4) is 5.69 Å². The van der Waals surface area contributed by atoms with E-state index < -0.39 is 0 Å². The van der Waals surface area contributed by atoms with E-state index in [1.807, 2.05) is 34.0 Å². The first-order chi connectivity index (χ1) is 8.24. The topological polar surface area (TPSA) is 47.7 Å². The van der Waals surface area contributed by atoms with Crippen molar-refractivity contribution in [2.45, 2.75) is 38.8 Å². The van der Waals surface area contributed by atoms with Gasteiger partial charge in [-0.3, -0.25) is 9.25 Å². The van der Waals surface area contributed by atoms with Gasteiger partial charge >= 0.3 is 0 Å². The fourth-order valence-corrected chi connectivity index (χ4v) is 1.76. The molecule has 2 aromatic rings. The molecule has 0 aromatic carbocycles. The Labute approximate surface area is 100 Å². The zero-order valence-electron chi connectivity index (χ0n) is 10.2. The Kier molecular flexibility index (Phi) is 2.39. The number of anilines is 1. The van der Waals surface area contributed by atoms with Gasteiger partial charge in [0, 0.05) is 30.7 Å². The minimum absolute atomic E-state index is 0.382. The molecule has 0 unspecified atom stereocenters. The van der Waals surface area contributed by atoms with Crippen molar-refractivity contribution in [1.29, 1.82) is 0 Å². The van der Waals surface area contributed by atoms with Crippen molar-refractivity contribution >= 4 is 5.95 Å². The van der Waals surface area contributed by atoms with E-state index >= 15 is 0 Å². The second kappa shape index (κ2) is 3.91. The van der Waals surface area contributed by atoms with Gasteiger partial charge in [0.05, 0.1) is 11.9 Å². The Morgan fingerprint density at radius 3 is 2.88 bits per heavy atom. The van der Waals surface area contributed by atoms with Crippen LogP contribution in [0.4, 0.5) is 5.95 Å². The van der Waals surface area contributed by atoms with Gasteiger partial charge in [-0.15, -0.1) is 0 Å². The molecule has 90 valence electrons. The molecule has 5 nitrogen and oxygen atoms in total. The predicted molar refractivity (Wildman–Crippen MR) is 66.4 cm³/mol. The molecule has 0 bridgehead atoms. The normalized spacial score (nSPS) is 15.5. The van der Waals surface area contributed by atoms with Crippen molar-refractivity contribution in [1.82, 2.24) is 19.3 Å². The molecular formula is C12H17N5. The van der Waals surface area contributed by atoms with Gasteiger partial charge in [0.15, 0.2) is 0 Å². The lowest BCUT2D eigenvalue weighted by Crippen LogP contribution is -2.07. The van der Waals surface area contributed by atoms with Crippen LogP contribution in [0.5, 0.6) is 0 Å². The quantitative estimate of drug-likeness (QED) is 0.877. The average Bonchev–Trinajstić information content (AvgIpc) is 2.80. The summed E-state index contributed by atoms with van der Waals surface area (Å²) in [6.07, 6.45) is 10.2. The van der Waals surface area contributed by atoms with Gasteiger partial charge in [-0.2, -0.15) is 5.10 Å². The molecule has 1 aliphatic rings. The lowest BCUT2D eigenvalue weighted by Gasteiger charge is -2.07. The maximum Gasteiger partial charge on any atom is 0.207 e. The Morgan fingerprint density at radius 2 is 2.24 bits per heavy atom. The highest BCUT2D eigenvalue weighted by Gasteiger charge is 2.23. The molecule has 1 fully saturated rings. The summed E-state index contributed by atoms with van der Waals surface area (Å²) in [4.78, 5) is 4.34. The molecule has 0 spiro atoms. The molecule has 0 radical (unpaired) electrons. The maximum atomic E-state index is 4.35. The molecule has 1 saturated carbocycles. The van der Waals surface area contributed by atoms with Gasteiger partial charge in [-0.25, -0.2) is 4.98 Å². The second-order valence-electron chi connectivity index (χ2n) is 4.81. The molecule has 5 heteroatoms. The number of imidazole rings is 1. The molecular weight excluding hydrogens is 214 g/mol. The van der Waals surface area contributed by atoms with Gasteiger partial charge in [0.1, 0.15) is 0 Å². The highest BCUT2D eigenvalue weighted by molar-refractivity contribution is 5.40. The molecule has 1 N–H and O–H groups in total. The van der Waals surface area contributed by atoms with Crippen molar-refractivity contribution in [2.75, 3.05) is 5.32 Å². The summed E-state index contributed by atoms with van der Waals surface area (Å²) in [7, 11) is 0. The SMILES string of the molecule is CC(C)n1cc(-n2ccnc2NC2CC2)cn1. The molecule has 17 heavy (non-hydrogen) atoms. The number of hydrogen-bond acceptors (Lipinski definition) is 3. The lowest BCUT2D eigenvalue weighted by molar-refractivity contribution is 0.532. The van der Waals surface area contributed by atoms with Crippen LogP contribution in [-0.2, 0) is 0 Å². The van der Waals surface area contributed by atoms with Crippen LogP contribution >= 0.6 is 0 Å². The average molecular weight is 231 g/mol. The third-order valence-electron chi connectivity index (χ3n) is 2.95. The summed E-state index contributed by atoms with van der Waals surface area (Å²) >= 11 is 0. The monoisotopic (exact) mass is 231 g/mol. The van der Waals surface area contributed by atoms with Crippen molar-refractivity contribution < 1.29 is 0 Å². The fourth-order valence-electron chi connectivity index (χ4n) is 1.76. The van der Waals surface area contributed by atoms with Crippen LogP contribution in [0, 0.1) is 0 Å². The highest BCUT2D eigenvalue weighted by atomic mass is 15.3. The Bertz CT molecular complexity index is 506. The van der Waals surface area contributed by atoms with Crippen LogP contribution in [-0.4, -0.2) is 25.4 Å². The number of nitrogens with zero attached hydrogens (tertiary/aromatic N) is 4. The molecule has 0 atom stereocenters. The zero-order chi connectivity index (χ0) is 11.8. The third-order valence-corrected chi connectivity index (χ3v) is 2.95. The van der Waals surface area contributed by atoms with Crippen LogP contribution in [0.15, 0.2) is 24.8 Å². The summed E-state index contributed by atoms with van der Waals surface area (Å²) in [6.45, 7) is 4.24. The van der Waals surface area contributed by atoms with Crippen LogP contribution in [0.25, 0.3) is 5.69 Å². The summed E-state index contributed by atoms with van der Waals surface area (Å²) in [6, 6.07) is 0.989. The molecule has 2 heterocycles. The summed E-state index contributed by atoms with van der Waals surface area (Å²) in [5.41, 5.74) is 1.05. The van der Waals surface area contributed by atoms with Crippen molar-refractivity contribution in [3.63, 3.8) is 0 Å².